The summed E-state index contributed by atoms with van der Waals surface area (Å²) in [6.07, 6.45) is 6.16. The van der Waals surface area contributed by atoms with Crippen LogP contribution in [0.2, 0.25) is 0 Å². The van der Waals surface area contributed by atoms with E-state index < -0.39 is 0 Å². The van der Waals surface area contributed by atoms with Crippen molar-refractivity contribution < 1.29 is 4.79 Å². The molecule has 3 aromatic rings. The lowest BCUT2D eigenvalue weighted by Gasteiger charge is -2.11. The standard InChI is InChI=1S/C14H12N6OS/c1-9-3-4-10(7-17-9)12-18-19-14(22-12)20(2)13(21)11-8-15-5-6-16-11/h3-8H,1-2H3. The van der Waals surface area contributed by atoms with Crippen LogP contribution in [-0.4, -0.2) is 38.1 Å². The van der Waals surface area contributed by atoms with Gasteiger partial charge in [0, 0.05) is 36.9 Å². The molecule has 0 aliphatic carbocycles. The number of carbonyl (C=O) groups is 1. The van der Waals surface area contributed by atoms with Crippen molar-refractivity contribution in [3.63, 3.8) is 0 Å². The number of anilines is 1. The van der Waals surface area contributed by atoms with Gasteiger partial charge in [-0.3, -0.25) is 19.7 Å². The fourth-order valence-electron chi connectivity index (χ4n) is 1.73. The van der Waals surface area contributed by atoms with Crippen LogP contribution in [0.1, 0.15) is 16.2 Å². The molecule has 0 atom stereocenters. The van der Waals surface area contributed by atoms with E-state index in [0.717, 1.165) is 11.3 Å². The summed E-state index contributed by atoms with van der Waals surface area (Å²) in [6.45, 7) is 1.92. The third kappa shape index (κ3) is 2.82. The number of hydrogen-bond donors (Lipinski definition) is 0. The Bertz CT molecular complexity index is 787. The summed E-state index contributed by atoms with van der Waals surface area (Å²) in [5, 5.41) is 9.37. The highest BCUT2D eigenvalue weighted by Crippen LogP contribution is 2.28. The summed E-state index contributed by atoms with van der Waals surface area (Å²) in [4.78, 5) is 25.8. The first-order chi connectivity index (χ1) is 10.6. The fraction of sp³-hybridized carbons (Fsp3) is 0.143. The van der Waals surface area contributed by atoms with E-state index in [0.29, 0.717) is 10.1 Å². The average Bonchev–Trinajstić information content (AvgIpc) is 3.05. The predicted octanol–water partition coefficient (Wildman–Crippen LogP) is 1.98. The lowest BCUT2D eigenvalue weighted by Crippen LogP contribution is -2.27. The SMILES string of the molecule is Cc1ccc(-c2nnc(N(C)C(=O)c3cnccn3)s2)cn1. The van der Waals surface area contributed by atoms with Crippen molar-refractivity contribution in [3.05, 3.63) is 48.3 Å². The quantitative estimate of drug-likeness (QED) is 0.735. The molecule has 3 heterocycles. The van der Waals surface area contributed by atoms with Crippen molar-refractivity contribution in [2.24, 2.45) is 0 Å². The first kappa shape index (κ1) is 14.2. The molecule has 3 aromatic heterocycles. The van der Waals surface area contributed by atoms with E-state index in [2.05, 4.69) is 25.1 Å². The van der Waals surface area contributed by atoms with Crippen molar-refractivity contribution >= 4 is 22.4 Å². The summed E-state index contributed by atoms with van der Waals surface area (Å²) < 4.78 is 0. The zero-order chi connectivity index (χ0) is 15.5. The zero-order valence-electron chi connectivity index (χ0n) is 12.0. The Morgan fingerprint density at radius 3 is 2.68 bits per heavy atom. The number of rotatable bonds is 3. The maximum atomic E-state index is 12.3. The largest absolute Gasteiger partial charge is 0.284 e. The zero-order valence-corrected chi connectivity index (χ0v) is 12.8. The van der Waals surface area contributed by atoms with E-state index in [9.17, 15) is 4.79 Å². The minimum Gasteiger partial charge on any atom is -0.284 e. The van der Waals surface area contributed by atoms with Gasteiger partial charge in [0.25, 0.3) is 5.91 Å². The van der Waals surface area contributed by atoms with Crippen LogP contribution >= 0.6 is 11.3 Å². The minimum atomic E-state index is -0.280. The molecule has 0 spiro atoms. The first-order valence-corrected chi connectivity index (χ1v) is 7.27. The fourth-order valence-corrected chi connectivity index (χ4v) is 2.52. The van der Waals surface area contributed by atoms with Gasteiger partial charge in [0.15, 0.2) is 5.01 Å². The van der Waals surface area contributed by atoms with Crippen LogP contribution in [0.15, 0.2) is 36.9 Å². The Balaban J connectivity index is 1.84. The van der Waals surface area contributed by atoms with Crippen LogP contribution < -0.4 is 4.90 Å². The van der Waals surface area contributed by atoms with Crippen molar-refractivity contribution in [1.29, 1.82) is 0 Å². The maximum Gasteiger partial charge on any atom is 0.280 e. The minimum absolute atomic E-state index is 0.263. The number of aromatic nitrogens is 5. The van der Waals surface area contributed by atoms with E-state index >= 15 is 0 Å². The van der Waals surface area contributed by atoms with Crippen LogP contribution in [0.3, 0.4) is 0 Å². The van der Waals surface area contributed by atoms with E-state index in [4.69, 9.17) is 0 Å². The number of hydrogen-bond acceptors (Lipinski definition) is 7. The molecule has 0 saturated carbocycles. The molecular formula is C14H12N6OS. The van der Waals surface area contributed by atoms with Gasteiger partial charge in [0.05, 0.1) is 6.20 Å². The van der Waals surface area contributed by atoms with Gasteiger partial charge in [0.1, 0.15) is 5.69 Å². The molecule has 0 radical (unpaired) electrons. The molecule has 110 valence electrons. The van der Waals surface area contributed by atoms with Gasteiger partial charge >= 0.3 is 0 Å². The van der Waals surface area contributed by atoms with E-state index in [1.165, 1.54) is 34.8 Å². The molecule has 3 rings (SSSR count). The number of pyridine rings is 1. The molecule has 1 amide bonds. The van der Waals surface area contributed by atoms with Gasteiger partial charge in [-0.05, 0) is 19.1 Å². The van der Waals surface area contributed by atoms with Gasteiger partial charge in [-0.2, -0.15) is 0 Å². The molecule has 22 heavy (non-hydrogen) atoms. The summed E-state index contributed by atoms with van der Waals surface area (Å²) in [7, 11) is 1.63. The van der Waals surface area contributed by atoms with Gasteiger partial charge < -0.3 is 0 Å². The average molecular weight is 312 g/mol. The topological polar surface area (TPSA) is 84.8 Å². The lowest BCUT2D eigenvalue weighted by molar-refractivity contribution is 0.0987. The van der Waals surface area contributed by atoms with Crippen LogP contribution in [-0.2, 0) is 0 Å². The maximum absolute atomic E-state index is 12.3. The van der Waals surface area contributed by atoms with Crippen molar-refractivity contribution in [1.82, 2.24) is 25.1 Å². The van der Waals surface area contributed by atoms with E-state index in [1.54, 1.807) is 13.2 Å². The molecule has 8 heteroatoms. The summed E-state index contributed by atoms with van der Waals surface area (Å²) in [6, 6.07) is 3.84. The first-order valence-electron chi connectivity index (χ1n) is 6.46. The smallest absolute Gasteiger partial charge is 0.280 e. The van der Waals surface area contributed by atoms with Gasteiger partial charge in [-0.1, -0.05) is 11.3 Å². The van der Waals surface area contributed by atoms with Gasteiger partial charge in [0.2, 0.25) is 5.13 Å². The number of carbonyl (C=O) groups excluding carboxylic acids is 1. The normalized spacial score (nSPS) is 10.5. The van der Waals surface area contributed by atoms with Crippen molar-refractivity contribution in [2.45, 2.75) is 6.92 Å². The third-order valence-electron chi connectivity index (χ3n) is 2.95. The van der Waals surface area contributed by atoms with Crippen LogP contribution in [0, 0.1) is 6.92 Å². The van der Waals surface area contributed by atoms with Gasteiger partial charge in [-0.15, -0.1) is 10.2 Å². The number of amides is 1. The summed E-state index contributed by atoms with van der Waals surface area (Å²) >= 11 is 1.32. The van der Waals surface area contributed by atoms with Crippen LogP contribution in [0.25, 0.3) is 10.6 Å². The molecule has 0 bridgehead atoms. The Labute approximate surface area is 130 Å². The molecule has 0 N–H and O–H groups in total. The monoisotopic (exact) mass is 312 g/mol. The molecule has 0 saturated heterocycles. The summed E-state index contributed by atoms with van der Waals surface area (Å²) in [5.41, 5.74) is 2.07. The molecule has 0 aliphatic rings. The second-order valence-corrected chi connectivity index (χ2v) is 5.49. The Morgan fingerprint density at radius 1 is 1.14 bits per heavy atom. The number of nitrogens with zero attached hydrogens (tertiary/aromatic N) is 6. The van der Waals surface area contributed by atoms with Crippen LogP contribution in [0.5, 0.6) is 0 Å². The second-order valence-electron chi connectivity index (χ2n) is 4.53. The molecule has 7 nitrogen and oxygen atoms in total. The van der Waals surface area contributed by atoms with E-state index in [-0.39, 0.29) is 11.6 Å². The Morgan fingerprint density at radius 2 is 2.00 bits per heavy atom. The highest BCUT2D eigenvalue weighted by Gasteiger charge is 2.19. The highest BCUT2D eigenvalue weighted by molar-refractivity contribution is 7.18. The molecule has 0 fully saturated rings. The Kier molecular flexibility index (Phi) is 3.84. The highest BCUT2D eigenvalue weighted by atomic mass is 32.1. The van der Waals surface area contributed by atoms with Crippen molar-refractivity contribution in [3.8, 4) is 10.6 Å². The Hall–Kier alpha value is -2.74. The molecule has 0 aromatic carbocycles. The number of aryl methyl sites for hydroxylation is 1. The summed E-state index contributed by atoms with van der Waals surface area (Å²) in [5.74, 6) is -0.280. The van der Waals surface area contributed by atoms with E-state index in [1.807, 2.05) is 19.1 Å². The molecule has 0 unspecified atom stereocenters. The lowest BCUT2D eigenvalue weighted by atomic mass is 10.3. The van der Waals surface area contributed by atoms with Crippen molar-refractivity contribution in [2.75, 3.05) is 11.9 Å². The predicted molar refractivity (Wildman–Crippen MR) is 82.6 cm³/mol. The second kappa shape index (κ2) is 5.94. The third-order valence-corrected chi connectivity index (χ3v) is 4.00. The van der Waals surface area contributed by atoms with Crippen LogP contribution in [0.4, 0.5) is 5.13 Å². The van der Waals surface area contributed by atoms with Gasteiger partial charge in [-0.25, -0.2) is 4.98 Å². The molecular weight excluding hydrogens is 300 g/mol. The molecule has 0 aliphatic heterocycles.